The third kappa shape index (κ3) is 2.41. The molecule has 2 saturated heterocycles. The van der Waals surface area contributed by atoms with Crippen LogP contribution in [0.2, 0.25) is 0 Å². The van der Waals surface area contributed by atoms with Gasteiger partial charge in [0.05, 0.1) is 19.2 Å². The van der Waals surface area contributed by atoms with Gasteiger partial charge in [-0.3, -0.25) is 20.2 Å². The van der Waals surface area contributed by atoms with Gasteiger partial charge in [-0.1, -0.05) is 0 Å². The molecule has 0 atom stereocenters. The summed E-state index contributed by atoms with van der Waals surface area (Å²) in [5.74, 6) is -0.891. The molecule has 0 spiro atoms. The Labute approximate surface area is 127 Å². The molecule has 6 amide bonds. The van der Waals surface area contributed by atoms with Crippen LogP contribution in [0, 0.1) is 0 Å². The zero-order chi connectivity index (χ0) is 16.9. The second kappa shape index (κ2) is 4.94. The topological polar surface area (TPSA) is 119 Å². The molecule has 0 aromatic heterocycles. The Morgan fingerprint density at radius 1 is 0.864 bits per heavy atom. The average Bonchev–Trinajstić information content (AvgIpc) is 2.68. The number of aliphatic hydroxyl groups excluding tert-OH is 1. The fourth-order valence-electron chi connectivity index (χ4n) is 2.49. The number of hydrogen-bond donors (Lipinski definition) is 3. The first-order chi connectivity index (χ1) is 9.97. The number of nitrogens with one attached hydrogen (secondary N) is 2. The minimum Gasteiger partial charge on any atom is -0.389 e. The van der Waals surface area contributed by atoms with Crippen molar-refractivity contribution in [2.75, 3.05) is 13.1 Å². The first-order valence-corrected chi connectivity index (χ1v) is 6.92. The van der Waals surface area contributed by atoms with E-state index in [0.717, 1.165) is 0 Å². The van der Waals surface area contributed by atoms with Crippen LogP contribution in [0.25, 0.3) is 0 Å². The van der Waals surface area contributed by atoms with E-state index in [-0.39, 0.29) is 13.1 Å². The lowest BCUT2D eigenvalue weighted by Gasteiger charge is -2.33. The van der Waals surface area contributed by atoms with Gasteiger partial charge in [0.25, 0.3) is 11.8 Å². The lowest BCUT2D eigenvalue weighted by molar-refractivity contribution is -0.125. The molecule has 0 unspecified atom stereocenters. The third-order valence-corrected chi connectivity index (χ3v) is 4.18. The maximum absolute atomic E-state index is 11.8. The Balaban J connectivity index is 2.06. The molecule has 9 nitrogen and oxygen atoms in total. The standard InChI is InChI=1S/C13H20N4O5/c1-12(2)8(19)14-10(21)16(12)5-7(18)6-17-11(22)15-9(20)13(17,3)4/h7,18H,5-6H2,1-4H3,(H,14,19,21)(H,15,20,22). The number of urea groups is 2. The maximum Gasteiger partial charge on any atom is 0.325 e. The molecule has 2 heterocycles. The Bertz CT molecular complexity index is 509. The molecule has 0 aromatic rings. The first-order valence-electron chi connectivity index (χ1n) is 6.92. The van der Waals surface area contributed by atoms with Gasteiger partial charge >= 0.3 is 12.1 Å². The van der Waals surface area contributed by atoms with Gasteiger partial charge in [0.1, 0.15) is 11.1 Å². The lowest BCUT2D eigenvalue weighted by Crippen LogP contribution is -2.52. The van der Waals surface area contributed by atoms with Crippen LogP contribution in [0.15, 0.2) is 0 Å². The second-order valence-electron chi connectivity index (χ2n) is 6.51. The summed E-state index contributed by atoms with van der Waals surface area (Å²) in [7, 11) is 0. The number of amides is 6. The molecular formula is C13H20N4O5. The van der Waals surface area contributed by atoms with Crippen LogP contribution in [-0.4, -0.2) is 69.1 Å². The highest BCUT2D eigenvalue weighted by Gasteiger charge is 2.48. The van der Waals surface area contributed by atoms with Crippen molar-refractivity contribution in [1.82, 2.24) is 20.4 Å². The van der Waals surface area contributed by atoms with Gasteiger partial charge in [-0.25, -0.2) is 9.59 Å². The maximum atomic E-state index is 11.8. The van der Waals surface area contributed by atoms with E-state index in [2.05, 4.69) is 10.6 Å². The summed E-state index contributed by atoms with van der Waals surface area (Å²) < 4.78 is 0. The summed E-state index contributed by atoms with van der Waals surface area (Å²) in [6, 6.07) is -1.18. The second-order valence-corrected chi connectivity index (χ2v) is 6.51. The van der Waals surface area contributed by atoms with Crippen molar-refractivity contribution < 1.29 is 24.3 Å². The predicted molar refractivity (Wildman–Crippen MR) is 74.7 cm³/mol. The average molecular weight is 312 g/mol. The molecule has 0 saturated carbocycles. The Hall–Kier alpha value is -2.16. The van der Waals surface area contributed by atoms with Crippen molar-refractivity contribution in [2.45, 2.75) is 44.9 Å². The number of imide groups is 2. The molecule has 122 valence electrons. The smallest absolute Gasteiger partial charge is 0.325 e. The summed E-state index contributed by atoms with van der Waals surface area (Å²) in [4.78, 5) is 49.3. The normalized spacial score (nSPS) is 23.4. The summed E-state index contributed by atoms with van der Waals surface area (Å²) in [6.45, 7) is 6.01. The molecular weight excluding hydrogens is 292 g/mol. The van der Waals surface area contributed by atoms with Crippen LogP contribution >= 0.6 is 0 Å². The van der Waals surface area contributed by atoms with E-state index in [1.165, 1.54) is 9.80 Å². The predicted octanol–water partition coefficient (Wildman–Crippen LogP) is -0.992. The van der Waals surface area contributed by atoms with Crippen molar-refractivity contribution in [3.05, 3.63) is 0 Å². The minimum atomic E-state index is -1.09. The number of rotatable bonds is 4. The number of aliphatic hydroxyl groups is 1. The summed E-state index contributed by atoms with van der Waals surface area (Å²) >= 11 is 0. The highest BCUT2D eigenvalue weighted by atomic mass is 16.3. The third-order valence-electron chi connectivity index (χ3n) is 4.18. The van der Waals surface area contributed by atoms with Crippen LogP contribution in [0.5, 0.6) is 0 Å². The number of nitrogens with zero attached hydrogens (tertiary/aromatic N) is 2. The summed E-state index contributed by atoms with van der Waals surface area (Å²) in [5.41, 5.74) is -2.15. The van der Waals surface area contributed by atoms with E-state index < -0.39 is 41.1 Å². The van der Waals surface area contributed by atoms with E-state index in [1.807, 2.05) is 0 Å². The molecule has 2 rings (SSSR count). The van der Waals surface area contributed by atoms with E-state index in [1.54, 1.807) is 27.7 Å². The molecule has 0 bridgehead atoms. The summed E-state index contributed by atoms with van der Waals surface area (Å²) in [5, 5.41) is 14.5. The van der Waals surface area contributed by atoms with Gasteiger partial charge in [0.15, 0.2) is 0 Å². The molecule has 0 aliphatic carbocycles. The molecule has 2 aliphatic heterocycles. The van der Waals surface area contributed by atoms with E-state index >= 15 is 0 Å². The van der Waals surface area contributed by atoms with Crippen LogP contribution in [0.3, 0.4) is 0 Å². The minimum absolute atomic E-state index is 0.126. The summed E-state index contributed by atoms with van der Waals surface area (Å²) in [6.07, 6.45) is -1.09. The van der Waals surface area contributed by atoms with Crippen LogP contribution in [0.1, 0.15) is 27.7 Å². The molecule has 2 fully saturated rings. The molecule has 22 heavy (non-hydrogen) atoms. The first kappa shape index (κ1) is 16.2. The fraction of sp³-hybridized carbons (Fsp3) is 0.692. The molecule has 3 N–H and O–H groups in total. The van der Waals surface area contributed by atoms with Crippen molar-refractivity contribution in [3.63, 3.8) is 0 Å². The molecule has 0 aromatic carbocycles. The van der Waals surface area contributed by atoms with Crippen LogP contribution in [0.4, 0.5) is 9.59 Å². The van der Waals surface area contributed by atoms with E-state index in [4.69, 9.17) is 0 Å². The van der Waals surface area contributed by atoms with Gasteiger partial charge in [0.2, 0.25) is 0 Å². The molecule has 2 aliphatic rings. The van der Waals surface area contributed by atoms with Crippen molar-refractivity contribution in [3.8, 4) is 0 Å². The van der Waals surface area contributed by atoms with Crippen LogP contribution < -0.4 is 10.6 Å². The number of carbonyl (C=O) groups excluding carboxylic acids is 4. The number of carbonyl (C=O) groups is 4. The highest BCUT2D eigenvalue weighted by molar-refractivity contribution is 6.07. The lowest BCUT2D eigenvalue weighted by atomic mass is 10.0. The van der Waals surface area contributed by atoms with Gasteiger partial charge in [0, 0.05) is 0 Å². The number of β-amino-alcohol motifs (C(OH)–C–C–N with tert-alkyl or cyclic N) is 1. The zero-order valence-corrected chi connectivity index (χ0v) is 13.0. The quantitative estimate of drug-likeness (QED) is 0.576. The van der Waals surface area contributed by atoms with Gasteiger partial charge in [-0.2, -0.15) is 0 Å². The van der Waals surface area contributed by atoms with Crippen molar-refractivity contribution in [2.24, 2.45) is 0 Å². The van der Waals surface area contributed by atoms with Gasteiger partial charge in [-0.05, 0) is 27.7 Å². The molecule has 9 heteroatoms. The Kier molecular flexibility index (Phi) is 3.64. The largest absolute Gasteiger partial charge is 0.389 e. The fourth-order valence-corrected chi connectivity index (χ4v) is 2.49. The zero-order valence-electron chi connectivity index (χ0n) is 13.0. The highest BCUT2D eigenvalue weighted by Crippen LogP contribution is 2.24. The SMILES string of the molecule is CC1(C)C(=O)NC(=O)N1CC(O)CN1C(=O)NC(=O)C1(C)C. The van der Waals surface area contributed by atoms with Crippen molar-refractivity contribution >= 4 is 23.9 Å². The Morgan fingerprint density at radius 2 is 1.18 bits per heavy atom. The monoisotopic (exact) mass is 312 g/mol. The van der Waals surface area contributed by atoms with E-state index in [0.29, 0.717) is 0 Å². The van der Waals surface area contributed by atoms with Crippen molar-refractivity contribution in [1.29, 1.82) is 0 Å². The van der Waals surface area contributed by atoms with Crippen LogP contribution in [-0.2, 0) is 9.59 Å². The van der Waals surface area contributed by atoms with E-state index in [9.17, 15) is 24.3 Å². The van der Waals surface area contributed by atoms with Gasteiger partial charge < -0.3 is 14.9 Å². The Morgan fingerprint density at radius 3 is 1.41 bits per heavy atom. The number of hydrogen-bond acceptors (Lipinski definition) is 5. The molecule has 0 radical (unpaired) electrons. The van der Waals surface area contributed by atoms with Gasteiger partial charge in [-0.15, -0.1) is 0 Å².